The highest BCUT2D eigenvalue weighted by molar-refractivity contribution is 7.91. The van der Waals surface area contributed by atoms with Gasteiger partial charge in [0.2, 0.25) is 0 Å². The summed E-state index contributed by atoms with van der Waals surface area (Å²) in [5, 5.41) is 5.35. The number of fused-ring (bicyclic) bond motifs is 1. The second kappa shape index (κ2) is 6.03. The molecule has 1 amide bonds. The molecular weight excluding hydrogens is 292 g/mol. The van der Waals surface area contributed by atoms with E-state index in [0.29, 0.717) is 18.0 Å². The van der Waals surface area contributed by atoms with Crippen molar-refractivity contribution in [3.05, 3.63) is 23.8 Å². The molecule has 2 atom stereocenters. The van der Waals surface area contributed by atoms with Gasteiger partial charge in [0, 0.05) is 12.3 Å². The lowest BCUT2D eigenvalue weighted by Crippen LogP contribution is -2.35. The Balaban J connectivity index is 2.37. The molecule has 2 unspecified atom stereocenters. The van der Waals surface area contributed by atoms with Crippen LogP contribution in [-0.4, -0.2) is 39.0 Å². The number of benzene rings is 1. The van der Waals surface area contributed by atoms with Crippen molar-refractivity contribution < 1.29 is 17.9 Å². The molecule has 0 spiro atoms. The fourth-order valence-corrected chi connectivity index (χ4v) is 3.06. The van der Waals surface area contributed by atoms with Crippen molar-refractivity contribution in [1.82, 2.24) is 5.32 Å². The third-order valence-electron chi connectivity index (χ3n) is 3.56. The van der Waals surface area contributed by atoms with E-state index >= 15 is 0 Å². The van der Waals surface area contributed by atoms with Crippen molar-refractivity contribution in [2.75, 3.05) is 24.7 Å². The Bertz CT molecular complexity index is 642. The summed E-state index contributed by atoms with van der Waals surface area (Å²) in [5.74, 6) is 0.386. The zero-order chi connectivity index (χ0) is 15.6. The lowest BCUT2D eigenvalue weighted by atomic mass is 10.0. The lowest BCUT2D eigenvalue weighted by Gasteiger charge is -2.26. The molecule has 0 bridgehead atoms. The van der Waals surface area contributed by atoms with E-state index in [-0.39, 0.29) is 18.6 Å². The molecule has 1 aromatic rings. The molecule has 0 saturated carbocycles. The zero-order valence-electron chi connectivity index (χ0n) is 12.3. The van der Waals surface area contributed by atoms with Crippen LogP contribution in [0.1, 0.15) is 25.5 Å². The number of carbonyl (C=O) groups excluding carboxylic acids is 1. The molecule has 1 aliphatic heterocycles. The van der Waals surface area contributed by atoms with Gasteiger partial charge in [-0.2, -0.15) is 0 Å². The van der Waals surface area contributed by atoms with E-state index in [4.69, 9.17) is 4.74 Å². The van der Waals surface area contributed by atoms with Gasteiger partial charge in [0.05, 0.1) is 10.9 Å². The Morgan fingerprint density at radius 2 is 2.14 bits per heavy atom. The number of rotatable bonds is 5. The monoisotopic (exact) mass is 312 g/mol. The standard InChI is InChI=1S/C14H20N2O4S/c1-4-15-14(9(2)21(3,18)19)10-5-6-12-11(7-10)16-13(17)8-20-12/h5-7,9,14-15H,4,8H2,1-3H3,(H,16,17). The van der Waals surface area contributed by atoms with Gasteiger partial charge in [0.25, 0.3) is 5.91 Å². The predicted molar refractivity (Wildman–Crippen MR) is 81.3 cm³/mol. The minimum Gasteiger partial charge on any atom is -0.482 e. The first kappa shape index (κ1) is 15.8. The Labute approximate surface area is 124 Å². The van der Waals surface area contributed by atoms with Gasteiger partial charge >= 0.3 is 0 Å². The number of sulfone groups is 1. The molecule has 1 aromatic carbocycles. The number of ether oxygens (including phenoxy) is 1. The van der Waals surface area contributed by atoms with Crippen LogP contribution in [-0.2, 0) is 14.6 Å². The van der Waals surface area contributed by atoms with E-state index in [9.17, 15) is 13.2 Å². The smallest absolute Gasteiger partial charge is 0.262 e. The van der Waals surface area contributed by atoms with Crippen molar-refractivity contribution in [3.63, 3.8) is 0 Å². The third-order valence-corrected chi connectivity index (χ3v) is 5.19. The topological polar surface area (TPSA) is 84.5 Å². The van der Waals surface area contributed by atoms with Crippen LogP contribution in [0.25, 0.3) is 0 Å². The van der Waals surface area contributed by atoms with Gasteiger partial charge in [0.15, 0.2) is 16.4 Å². The minimum atomic E-state index is -3.19. The molecule has 1 heterocycles. The molecule has 1 aliphatic rings. The summed E-state index contributed by atoms with van der Waals surface area (Å²) in [6.07, 6.45) is 1.23. The van der Waals surface area contributed by atoms with Crippen molar-refractivity contribution in [3.8, 4) is 5.75 Å². The van der Waals surface area contributed by atoms with Gasteiger partial charge in [0.1, 0.15) is 5.75 Å². The molecule has 0 radical (unpaired) electrons. The van der Waals surface area contributed by atoms with Crippen molar-refractivity contribution in [2.45, 2.75) is 25.1 Å². The van der Waals surface area contributed by atoms with E-state index in [1.807, 2.05) is 13.0 Å². The molecule has 21 heavy (non-hydrogen) atoms. The van der Waals surface area contributed by atoms with Gasteiger partial charge in [-0.05, 0) is 31.2 Å². The summed E-state index contributed by atoms with van der Waals surface area (Å²) in [4.78, 5) is 11.4. The first-order chi connectivity index (χ1) is 9.82. The van der Waals surface area contributed by atoms with Crippen LogP contribution in [0, 0.1) is 0 Å². The van der Waals surface area contributed by atoms with Crippen LogP contribution in [0.4, 0.5) is 5.69 Å². The van der Waals surface area contributed by atoms with Gasteiger partial charge < -0.3 is 15.4 Å². The molecule has 0 aliphatic carbocycles. The van der Waals surface area contributed by atoms with Gasteiger partial charge in [-0.15, -0.1) is 0 Å². The largest absolute Gasteiger partial charge is 0.482 e. The molecule has 116 valence electrons. The summed E-state index contributed by atoms with van der Waals surface area (Å²) >= 11 is 0. The third kappa shape index (κ3) is 3.54. The van der Waals surface area contributed by atoms with E-state index in [1.54, 1.807) is 19.1 Å². The predicted octanol–water partition coefficient (Wildman–Crippen LogP) is 1.10. The Morgan fingerprint density at radius 3 is 2.76 bits per heavy atom. The van der Waals surface area contributed by atoms with Crippen LogP contribution >= 0.6 is 0 Å². The maximum Gasteiger partial charge on any atom is 0.262 e. The number of carbonyl (C=O) groups is 1. The first-order valence-electron chi connectivity index (χ1n) is 6.81. The Hall–Kier alpha value is -1.60. The highest BCUT2D eigenvalue weighted by atomic mass is 32.2. The molecular formula is C14H20N2O4S. The van der Waals surface area contributed by atoms with Crippen LogP contribution in [0.2, 0.25) is 0 Å². The second-order valence-electron chi connectivity index (χ2n) is 5.16. The molecule has 0 aromatic heterocycles. The average Bonchev–Trinajstić information content (AvgIpc) is 2.42. The maximum atomic E-state index is 11.8. The molecule has 6 nitrogen and oxygen atoms in total. The number of hydrogen-bond acceptors (Lipinski definition) is 5. The summed E-state index contributed by atoms with van der Waals surface area (Å²) in [6, 6.07) is 5.00. The van der Waals surface area contributed by atoms with E-state index in [1.165, 1.54) is 6.26 Å². The van der Waals surface area contributed by atoms with E-state index < -0.39 is 15.1 Å². The summed E-state index contributed by atoms with van der Waals surface area (Å²) in [5.41, 5.74) is 1.38. The Kier molecular flexibility index (Phi) is 4.53. The number of amides is 1. The molecule has 7 heteroatoms. The number of nitrogens with one attached hydrogen (secondary N) is 2. The van der Waals surface area contributed by atoms with Crippen LogP contribution in [0.5, 0.6) is 5.75 Å². The Morgan fingerprint density at radius 1 is 1.43 bits per heavy atom. The normalized spacial score (nSPS) is 17.4. The highest BCUT2D eigenvalue weighted by Gasteiger charge is 2.28. The van der Waals surface area contributed by atoms with Crippen molar-refractivity contribution in [2.24, 2.45) is 0 Å². The van der Waals surface area contributed by atoms with Crippen LogP contribution in [0.3, 0.4) is 0 Å². The summed E-state index contributed by atoms with van der Waals surface area (Å²) in [7, 11) is -3.19. The SMILES string of the molecule is CCNC(c1ccc2c(c1)NC(=O)CO2)C(C)S(C)(=O)=O. The number of hydrogen-bond donors (Lipinski definition) is 2. The second-order valence-corrected chi connectivity index (χ2v) is 7.57. The van der Waals surface area contributed by atoms with Gasteiger partial charge in [-0.3, -0.25) is 4.79 Å². The zero-order valence-corrected chi connectivity index (χ0v) is 13.2. The van der Waals surface area contributed by atoms with Crippen molar-refractivity contribution >= 4 is 21.4 Å². The summed E-state index contributed by atoms with van der Waals surface area (Å²) < 4.78 is 29.0. The fraction of sp³-hybridized carbons (Fsp3) is 0.500. The molecule has 0 saturated heterocycles. The van der Waals surface area contributed by atoms with Crippen molar-refractivity contribution in [1.29, 1.82) is 0 Å². The van der Waals surface area contributed by atoms with Crippen LogP contribution in [0.15, 0.2) is 18.2 Å². The van der Waals surface area contributed by atoms with Gasteiger partial charge in [-0.1, -0.05) is 13.0 Å². The van der Waals surface area contributed by atoms with Gasteiger partial charge in [-0.25, -0.2) is 8.42 Å². The fourth-order valence-electron chi connectivity index (χ4n) is 2.32. The molecule has 2 rings (SSSR count). The van der Waals surface area contributed by atoms with E-state index in [0.717, 1.165) is 5.56 Å². The number of anilines is 1. The highest BCUT2D eigenvalue weighted by Crippen LogP contribution is 2.32. The molecule has 0 fully saturated rings. The molecule has 2 N–H and O–H groups in total. The minimum absolute atomic E-state index is 0.00271. The van der Waals surface area contributed by atoms with E-state index in [2.05, 4.69) is 10.6 Å². The summed E-state index contributed by atoms with van der Waals surface area (Å²) in [6.45, 7) is 4.25. The average molecular weight is 312 g/mol. The first-order valence-corrected chi connectivity index (χ1v) is 8.77. The maximum absolute atomic E-state index is 11.8. The lowest BCUT2D eigenvalue weighted by molar-refractivity contribution is -0.118. The quantitative estimate of drug-likeness (QED) is 0.850. The van der Waals surface area contributed by atoms with Crippen LogP contribution < -0.4 is 15.4 Å².